The van der Waals surface area contributed by atoms with Crippen LogP contribution in [0.4, 0.5) is 0 Å². The highest BCUT2D eigenvalue weighted by molar-refractivity contribution is 8.00. The summed E-state index contributed by atoms with van der Waals surface area (Å²) >= 11 is 1.64. The van der Waals surface area contributed by atoms with Crippen LogP contribution in [0, 0.1) is 0 Å². The lowest BCUT2D eigenvalue weighted by Crippen LogP contribution is -2.33. The molecule has 0 saturated carbocycles. The van der Waals surface area contributed by atoms with Crippen molar-refractivity contribution in [2.24, 2.45) is 0 Å². The normalized spacial score (nSPS) is 14.9. The van der Waals surface area contributed by atoms with Crippen molar-refractivity contribution < 1.29 is 9.53 Å². The highest BCUT2D eigenvalue weighted by Gasteiger charge is 2.15. The van der Waals surface area contributed by atoms with Crippen LogP contribution in [0.15, 0.2) is 0 Å². The van der Waals surface area contributed by atoms with Crippen molar-refractivity contribution in [2.45, 2.75) is 38.5 Å². The Balaban J connectivity index is 3.71. The van der Waals surface area contributed by atoms with Gasteiger partial charge in [-0.1, -0.05) is 13.8 Å². The van der Waals surface area contributed by atoms with Crippen molar-refractivity contribution >= 4 is 17.7 Å². The Hall–Kier alpha value is -0.220. The minimum Gasteiger partial charge on any atom is -0.465 e. The molecule has 2 atom stereocenters. The number of hydrogen-bond acceptors (Lipinski definition) is 4. The summed E-state index contributed by atoms with van der Waals surface area (Å²) in [5.41, 5.74) is 0. The summed E-state index contributed by atoms with van der Waals surface area (Å²) in [6, 6.07) is 0.467. The lowest BCUT2D eigenvalue weighted by Gasteiger charge is -2.21. The number of ether oxygens (including phenoxy) is 1. The highest BCUT2D eigenvalue weighted by atomic mass is 32.2. The van der Waals surface area contributed by atoms with Gasteiger partial charge in [0.1, 0.15) is 0 Å². The smallest absolute Gasteiger partial charge is 0.315 e. The first kappa shape index (κ1) is 13.8. The quantitative estimate of drug-likeness (QED) is 0.661. The van der Waals surface area contributed by atoms with E-state index in [2.05, 4.69) is 19.2 Å². The van der Waals surface area contributed by atoms with Crippen molar-refractivity contribution in [2.75, 3.05) is 19.4 Å². The maximum Gasteiger partial charge on any atom is 0.315 e. The molecule has 0 fully saturated rings. The SMILES string of the molecule is CCOC(=O)CSC(C)C(CC)NC. The maximum absolute atomic E-state index is 11.1. The van der Waals surface area contributed by atoms with Gasteiger partial charge in [-0.05, 0) is 20.4 Å². The Morgan fingerprint density at radius 1 is 1.50 bits per heavy atom. The van der Waals surface area contributed by atoms with Crippen LogP contribution in [0.5, 0.6) is 0 Å². The average molecular weight is 219 g/mol. The predicted octanol–water partition coefficient (Wildman–Crippen LogP) is 1.67. The van der Waals surface area contributed by atoms with Crippen LogP contribution in [0.1, 0.15) is 27.2 Å². The van der Waals surface area contributed by atoms with Crippen LogP contribution in [-0.2, 0) is 9.53 Å². The summed E-state index contributed by atoms with van der Waals surface area (Å²) in [6.07, 6.45) is 1.08. The van der Waals surface area contributed by atoms with Crippen LogP contribution < -0.4 is 5.32 Å². The van der Waals surface area contributed by atoms with Gasteiger partial charge in [-0.2, -0.15) is 0 Å². The molecule has 0 rings (SSSR count). The zero-order chi connectivity index (χ0) is 11.0. The van der Waals surface area contributed by atoms with Gasteiger partial charge in [0.2, 0.25) is 0 Å². The van der Waals surface area contributed by atoms with Crippen molar-refractivity contribution in [3.05, 3.63) is 0 Å². The van der Waals surface area contributed by atoms with Crippen molar-refractivity contribution in [3.8, 4) is 0 Å². The number of carbonyl (C=O) groups excluding carboxylic acids is 1. The molecule has 4 heteroatoms. The zero-order valence-electron chi connectivity index (χ0n) is 9.50. The molecule has 0 aliphatic carbocycles. The third-order valence-electron chi connectivity index (χ3n) is 2.15. The minimum atomic E-state index is -0.115. The highest BCUT2D eigenvalue weighted by Crippen LogP contribution is 2.16. The summed E-state index contributed by atoms with van der Waals surface area (Å²) in [7, 11) is 1.95. The largest absolute Gasteiger partial charge is 0.465 e. The number of thioether (sulfide) groups is 1. The fourth-order valence-electron chi connectivity index (χ4n) is 1.29. The molecule has 0 saturated heterocycles. The van der Waals surface area contributed by atoms with E-state index in [4.69, 9.17) is 4.74 Å². The van der Waals surface area contributed by atoms with Gasteiger partial charge in [0.15, 0.2) is 0 Å². The van der Waals surface area contributed by atoms with E-state index >= 15 is 0 Å². The number of rotatable bonds is 7. The lowest BCUT2D eigenvalue weighted by molar-refractivity contribution is -0.139. The van der Waals surface area contributed by atoms with Gasteiger partial charge in [0.05, 0.1) is 12.4 Å². The zero-order valence-corrected chi connectivity index (χ0v) is 10.3. The molecule has 0 aromatic rings. The second-order valence-corrected chi connectivity index (χ2v) is 4.49. The van der Waals surface area contributed by atoms with Crippen molar-refractivity contribution in [1.82, 2.24) is 5.32 Å². The van der Waals surface area contributed by atoms with Gasteiger partial charge in [0, 0.05) is 11.3 Å². The van der Waals surface area contributed by atoms with Gasteiger partial charge < -0.3 is 10.1 Å². The first-order valence-electron chi connectivity index (χ1n) is 5.10. The second-order valence-electron chi connectivity index (χ2n) is 3.12. The maximum atomic E-state index is 11.1. The molecule has 84 valence electrons. The van der Waals surface area contributed by atoms with E-state index < -0.39 is 0 Å². The summed E-state index contributed by atoms with van der Waals surface area (Å²) in [6.45, 7) is 6.57. The molecule has 0 bridgehead atoms. The van der Waals surface area contributed by atoms with E-state index in [1.165, 1.54) is 0 Å². The summed E-state index contributed by atoms with van der Waals surface area (Å²) in [5.74, 6) is 0.336. The van der Waals surface area contributed by atoms with E-state index in [1.54, 1.807) is 11.8 Å². The first-order valence-corrected chi connectivity index (χ1v) is 6.15. The summed E-state index contributed by atoms with van der Waals surface area (Å²) in [4.78, 5) is 11.1. The molecule has 2 unspecified atom stereocenters. The van der Waals surface area contributed by atoms with Gasteiger partial charge in [-0.15, -0.1) is 11.8 Å². The van der Waals surface area contributed by atoms with Gasteiger partial charge in [0.25, 0.3) is 0 Å². The molecular weight excluding hydrogens is 198 g/mol. The molecule has 0 spiro atoms. The lowest BCUT2D eigenvalue weighted by atomic mass is 10.2. The third kappa shape index (κ3) is 5.50. The van der Waals surface area contributed by atoms with Gasteiger partial charge >= 0.3 is 5.97 Å². The third-order valence-corrected chi connectivity index (χ3v) is 3.40. The minimum absolute atomic E-state index is 0.115. The summed E-state index contributed by atoms with van der Waals surface area (Å²) < 4.78 is 4.86. The van der Waals surface area contributed by atoms with Crippen LogP contribution in [0.2, 0.25) is 0 Å². The molecule has 0 aromatic carbocycles. The van der Waals surface area contributed by atoms with Gasteiger partial charge in [-0.3, -0.25) is 4.79 Å². The second kappa shape index (κ2) is 8.12. The topological polar surface area (TPSA) is 38.3 Å². The fraction of sp³-hybridized carbons (Fsp3) is 0.900. The Morgan fingerprint density at radius 3 is 2.57 bits per heavy atom. The molecule has 0 aromatic heterocycles. The van der Waals surface area contributed by atoms with Crippen LogP contribution >= 0.6 is 11.8 Å². The van der Waals surface area contributed by atoms with Crippen LogP contribution in [0.25, 0.3) is 0 Å². The fourth-order valence-corrected chi connectivity index (χ4v) is 2.33. The number of hydrogen-bond donors (Lipinski definition) is 1. The molecular formula is C10H21NO2S. The number of carbonyl (C=O) groups is 1. The number of esters is 1. The first-order chi connectivity index (χ1) is 6.65. The Kier molecular flexibility index (Phi) is 7.99. The standard InChI is InChI=1S/C10H21NO2S/c1-5-9(11-4)8(3)14-7-10(12)13-6-2/h8-9,11H,5-7H2,1-4H3. The average Bonchev–Trinajstić information content (AvgIpc) is 2.17. The van der Waals surface area contributed by atoms with Crippen molar-refractivity contribution in [3.63, 3.8) is 0 Å². The molecule has 0 radical (unpaired) electrons. The Bertz CT molecular complexity index is 160. The van der Waals surface area contributed by atoms with E-state index in [-0.39, 0.29) is 5.97 Å². The molecule has 14 heavy (non-hydrogen) atoms. The van der Waals surface area contributed by atoms with E-state index in [0.717, 1.165) is 6.42 Å². The molecule has 0 heterocycles. The van der Waals surface area contributed by atoms with E-state index in [1.807, 2.05) is 14.0 Å². The number of nitrogens with one attached hydrogen (secondary N) is 1. The van der Waals surface area contributed by atoms with E-state index in [0.29, 0.717) is 23.7 Å². The molecule has 1 N–H and O–H groups in total. The Morgan fingerprint density at radius 2 is 2.14 bits per heavy atom. The van der Waals surface area contributed by atoms with Crippen LogP contribution in [0.3, 0.4) is 0 Å². The molecule has 3 nitrogen and oxygen atoms in total. The molecule has 0 amide bonds. The summed E-state index contributed by atoms with van der Waals surface area (Å²) in [5, 5.41) is 3.67. The Labute approximate surface area is 91.0 Å². The predicted molar refractivity (Wildman–Crippen MR) is 61.7 cm³/mol. The van der Waals surface area contributed by atoms with Gasteiger partial charge in [-0.25, -0.2) is 0 Å². The molecule has 0 aliphatic rings. The van der Waals surface area contributed by atoms with Crippen molar-refractivity contribution in [1.29, 1.82) is 0 Å². The van der Waals surface area contributed by atoms with Crippen LogP contribution in [-0.4, -0.2) is 36.7 Å². The monoisotopic (exact) mass is 219 g/mol. The molecule has 0 aliphatic heterocycles. The van der Waals surface area contributed by atoms with E-state index in [9.17, 15) is 4.79 Å².